The molecule has 0 rings (SSSR count). The van der Waals surface area contributed by atoms with E-state index in [9.17, 15) is 4.79 Å². The van der Waals surface area contributed by atoms with Crippen molar-refractivity contribution in [1.29, 1.82) is 0 Å². The van der Waals surface area contributed by atoms with Gasteiger partial charge in [-0.15, -0.1) is 0 Å². The Morgan fingerprint density at radius 1 is 1.70 bits per heavy atom. The van der Waals surface area contributed by atoms with Crippen molar-refractivity contribution in [3.8, 4) is 11.8 Å². The lowest BCUT2D eigenvalue weighted by atomic mass is 10.3. The SMILES string of the molecule is CCC(=O)C#C/C=C/OC. The molecule has 10 heavy (non-hydrogen) atoms. The van der Waals surface area contributed by atoms with Crippen molar-refractivity contribution in [1.82, 2.24) is 0 Å². The van der Waals surface area contributed by atoms with Crippen LogP contribution in [-0.2, 0) is 9.53 Å². The number of carbonyl (C=O) groups is 1. The molecule has 0 amide bonds. The predicted molar refractivity (Wildman–Crippen MR) is 39.2 cm³/mol. The largest absolute Gasteiger partial charge is 0.504 e. The maximum absolute atomic E-state index is 10.5. The number of Topliss-reactive ketones (excluding diaryl/α,β-unsaturated/α-hetero) is 1. The zero-order chi connectivity index (χ0) is 7.82. The van der Waals surface area contributed by atoms with Crippen LogP contribution in [0, 0.1) is 11.8 Å². The molecule has 0 aliphatic heterocycles. The minimum Gasteiger partial charge on any atom is -0.504 e. The normalized spacial score (nSPS) is 8.60. The number of rotatable bonds is 2. The topological polar surface area (TPSA) is 26.3 Å². The molecule has 2 heteroatoms. The van der Waals surface area contributed by atoms with Gasteiger partial charge in [-0.2, -0.15) is 0 Å². The van der Waals surface area contributed by atoms with Gasteiger partial charge >= 0.3 is 0 Å². The number of hydrogen-bond donors (Lipinski definition) is 0. The molecule has 0 atom stereocenters. The van der Waals surface area contributed by atoms with Crippen LogP contribution in [0.15, 0.2) is 12.3 Å². The Hall–Kier alpha value is -1.23. The molecule has 0 radical (unpaired) electrons. The minimum absolute atomic E-state index is 0.0549. The molecule has 0 aromatic carbocycles. The van der Waals surface area contributed by atoms with Crippen molar-refractivity contribution >= 4 is 5.78 Å². The maximum Gasteiger partial charge on any atom is 0.205 e. The number of carbonyl (C=O) groups excluding carboxylic acids is 1. The molecule has 0 fully saturated rings. The third-order valence-corrected chi connectivity index (χ3v) is 0.820. The van der Waals surface area contributed by atoms with Gasteiger partial charge in [-0.1, -0.05) is 12.8 Å². The average molecular weight is 138 g/mol. The molecule has 0 aromatic rings. The predicted octanol–water partition coefficient (Wildman–Crippen LogP) is 1.13. The standard InChI is InChI=1S/C8H10O2/c1-3-8(9)6-4-5-7-10-2/h5,7H,3H2,1-2H3/b7-5+. The molecular weight excluding hydrogens is 128 g/mol. The molecule has 0 spiro atoms. The first-order chi connectivity index (χ1) is 4.81. The summed E-state index contributed by atoms with van der Waals surface area (Å²) in [5.41, 5.74) is 0. The second-order valence-corrected chi connectivity index (χ2v) is 1.58. The summed E-state index contributed by atoms with van der Waals surface area (Å²) in [7, 11) is 1.53. The van der Waals surface area contributed by atoms with Gasteiger partial charge in [0.05, 0.1) is 13.4 Å². The summed E-state index contributed by atoms with van der Waals surface area (Å²) in [6.07, 6.45) is 3.39. The second-order valence-electron chi connectivity index (χ2n) is 1.58. The highest BCUT2D eigenvalue weighted by Crippen LogP contribution is 1.76. The van der Waals surface area contributed by atoms with Crippen LogP contribution in [0.4, 0.5) is 0 Å². The number of methoxy groups -OCH3 is 1. The molecule has 0 N–H and O–H groups in total. The van der Waals surface area contributed by atoms with Crippen LogP contribution in [0.2, 0.25) is 0 Å². The van der Waals surface area contributed by atoms with Gasteiger partial charge in [0.25, 0.3) is 0 Å². The highest BCUT2D eigenvalue weighted by molar-refractivity contribution is 5.95. The van der Waals surface area contributed by atoms with Crippen LogP contribution >= 0.6 is 0 Å². The summed E-state index contributed by atoms with van der Waals surface area (Å²) < 4.78 is 4.56. The lowest BCUT2D eigenvalue weighted by Gasteiger charge is -1.79. The van der Waals surface area contributed by atoms with E-state index in [4.69, 9.17) is 0 Å². The molecule has 54 valence electrons. The molecule has 0 saturated carbocycles. The zero-order valence-electron chi connectivity index (χ0n) is 6.18. The molecular formula is C8H10O2. The van der Waals surface area contributed by atoms with Gasteiger partial charge in [0.2, 0.25) is 5.78 Å². The van der Waals surface area contributed by atoms with Crippen LogP contribution in [-0.4, -0.2) is 12.9 Å². The van der Waals surface area contributed by atoms with Gasteiger partial charge in [-0.25, -0.2) is 0 Å². The Bertz CT molecular complexity index is 181. The Morgan fingerprint density at radius 2 is 2.40 bits per heavy atom. The molecule has 0 heterocycles. The van der Waals surface area contributed by atoms with E-state index in [2.05, 4.69) is 16.6 Å². The first-order valence-corrected chi connectivity index (χ1v) is 3.03. The quantitative estimate of drug-likeness (QED) is 0.325. The van der Waals surface area contributed by atoms with E-state index < -0.39 is 0 Å². The van der Waals surface area contributed by atoms with Crippen molar-refractivity contribution in [3.05, 3.63) is 12.3 Å². The van der Waals surface area contributed by atoms with Crippen molar-refractivity contribution in [2.45, 2.75) is 13.3 Å². The fourth-order valence-corrected chi connectivity index (χ4v) is 0.313. The molecule has 0 aromatic heterocycles. The van der Waals surface area contributed by atoms with E-state index >= 15 is 0 Å². The second kappa shape index (κ2) is 5.90. The molecule has 0 saturated heterocycles. The van der Waals surface area contributed by atoms with E-state index in [0.717, 1.165) is 0 Å². The van der Waals surface area contributed by atoms with E-state index in [1.807, 2.05) is 0 Å². The Labute approximate surface area is 60.9 Å². The first-order valence-electron chi connectivity index (χ1n) is 3.03. The van der Waals surface area contributed by atoms with Gasteiger partial charge in [-0.05, 0) is 5.92 Å². The van der Waals surface area contributed by atoms with Crippen molar-refractivity contribution < 1.29 is 9.53 Å². The molecule has 0 aliphatic rings. The zero-order valence-corrected chi connectivity index (χ0v) is 6.18. The van der Waals surface area contributed by atoms with E-state index in [1.54, 1.807) is 6.92 Å². The van der Waals surface area contributed by atoms with Crippen LogP contribution in [0.25, 0.3) is 0 Å². The number of allylic oxidation sites excluding steroid dienone is 1. The maximum atomic E-state index is 10.5. The van der Waals surface area contributed by atoms with E-state index in [0.29, 0.717) is 6.42 Å². The first kappa shape index (κ1) is 8.77. The van der Waals surface area contributed by atoms with Gasteiger partial charge in [0.15, 0.2) is 0 Å². The van der Waals surface area contributed by atoms with Crippen molar-refractivity contribution in [2.75, 3.05) is 7.11 Å². The number of hydrogen-bond acceptors (Lipinski definition) is 2. The number of ether oxygens (including phenoxy) is 1. The smallest absolute Gasteiger partial charge is 0.205 e. The average Bonchev–Trinajstić information content (AvgIpc) is 1.98. The van der Waals surface area contributed by atoms with Gasteiger partial charge in [0.1, 0.15) is 0 Å². The highest BCUT2D eigenvalue weighted by Gasteiger charge is 1.84. The summed E-state index contributed by atoms with van der Waals surface area (Å²) in [4.78, 5) is 10.5. The Morgan fingerprint density at radius 3 is 2.90 bits per heavy atom. The van der Waals surface area contributed by atoms with Crippen LogP contribution in [0.5, 0.6) is 0 Å². The fourth-order valence-electron chi connectivity index (χ4n) is 0.313. The third-order valence-electron chi connectivity index (χ3n) is 0.820. The van der Waals surface area contributed by atoms with Crippen molar-refractivity contribution in [3.63, 3.8) is 0 Å². The third kappa shape index (κ3) is 4.92. The van der Waals surface area contributed by atoms with E-state index in [1.165, 1.54) is 19.4 Å². The lowest BCUT2D eigenvalue weighted by molar-refractivity contribution is -0.113. The molecule has 0 aliphatic carbocycles. The van der Waals surface area contributed by atoms with Crippen molar-refractivity contribution in [2.24, 2.45) is 0 Å². The Kier molecular flexibility index (Phi) is 5.17. The van der Waals surface area contributed by atoms with Gasteiger partial charge in [0, 0.05) is 12.5 Å². The summed E-state index contributed by atoms with van der Waals surface area (Å²) in [5.74, 6) is 4.89. The summed E-state index contributed by atoms with van der Waals surface area (Å²) >= 11 is 0. The lowest BCUT2D eigenvalue weighted by Crippen LogP contribution is -1.86. The summed E-state index contributed by atoms with van der Waals surface area (Å²) in [6, 6.07) is 0. The fraction of sp³-hybridized carbons (Fsp3) is 0.375. The summed E-state index contributed by atoms with van der Waals surface area (Å²) in [6.45, 7) is 1.77. The minimum atomic E-state index is -0.0549. The molecule has 0 unspecified atom stereocenters. The molecule has 0 bridgehead atoms. The highest BCUT2D eigenvalue weighted by atomic mass is 16.5. The van der Waals surface area contributed by atoms with Crippen LogP contribution < -0.4 is 0 Å². The van der Waals surface area contributed by atoms with Crippen LogP contribution in [0.1, 0.15) is 13.3 Å². The summed E-state index contributed by atoms with van der Waals surface area (Å²) in [5, 5.41) is 0. The monoisotopic (exact) mass is 138 g/mol. The van der Waals surface area contributed by atoms with Gasteiger partial charge < -0.3 is 4.74 Å². The Balaban J connectivity index is 3.69. The van der Waals surface area contributed by atoms with Gasteiger partial charge in [-0.3, -0.25) is 4.79 Å². The molecule has 2 nitrogen and oxygen atoms in total. The van der Waals surface area contributed by atoms with E-state index in [-0.39, 0.29) is 5.78 Å². The number of ketones is 1. The van der Waals surface area contributed by atoms with Crippen LogP contribution in [0.3, 0.4) is 0 Å².